The van der Waals surface area contributed by atoms with Crippen molar-refractivity contribution in [3.8, 4) is 0 Å². The lowest BCUT2D eigenvalue weighted by Crippen LogP contribution is -2.28. The number of benzene rings is 2. The Balaban J connectivity index is 1.49. The van der Waals surface area contributed by atoms with Gasteiger partial charge in [-0.25, -0.2) is 4.39 Å². The summed E-state index contributed by atoms with van der Waals surface area (Å²) in [5.74, 6) is -0.0796. The van der Waals surface area contributed by atoms with E-state index in [1.807, 2.05) is 31.2 Å². The van der Waals surface area contributed by atoms with Crippen LogP contribution in [-0.2, 0) is 9.59 Å². The van der Waals surface area contributed by atoms with Crippen LogP contribution < -0.4 is 10.6 Å². The lowest BCUT2D eigenvalue weighted by molar-refractivity contribution is -0.119. The molecule has 26 heavy (non-hydrogen) atoms. The number of thioether (sulfide) groups is 1. The Morgan fingerprint density at radius 3 is 2.50 bits per heavy atom. The average molecular weight is 372 g/mol. The fraction of sp³-hybridized carbons (Fsp3) is 0.300. The van der Waals surface area contributed by atoms with Crippen LogP contribution in [-0.4, -0.2) is 17.6 Å². The maximum absolute atomic E-state index is 13.6. The number of hydrogen-bond acceptors (Lipinski definition) is 3. The number of halogens is 1. The minimum Gasteiger partial charge on any atom is -0.349 e. The first-order valence-electron chi connectivity index (χ1n) is 8.60. The highest BCUT2D eigenvalue weighted by Gasteiger charge is 2.29. The van der Waals surface area contributed by atoms with Gasteiger partial charge in [0.05, 0.1) is 11.8 Å². The van der Waals surface area contributed by atoms with E-state index in [1.54, 1.807) is 18.2 Å². The summed E-state index contributed by atoms with van der Waals surface area (Å²) in [6, 6.07) is 13.7. The van der Waals surface area contributed by atoms with Gasteiger partial charge in [-0.2, -0.15) is 0 Å². The molecule has 2 aromatic rings. The van der Waals surface area contributed by atoms with Crippen LogP contribution in [0.5, 0.6) is 0 Å². The Kier molecular flexibility index (Phi) is 5.93. The number of anilines is 1. The highest BCUT2D eigenvalue weighted by Crippen LogP contribution is 2.30. The van der Waals surface area contributed by atoms with E-state index < -0.39 is 0 Å². The average Bonchev–Trinajstić information content (AvgIpc) is 3.47. The van der Waals surface area contributed by atoms with Gasteiger partial charge >= 0.3 is 0 Å². The summed E-state index contributed by atoms with van der Waals surface area (Å²) in [6.45, 7) is 1.89. The molecule has 1 atom stereocenters. The zero-order valence-corrected chi connectivity index (χ0v) is 15.3. The third kappa shape index (κ3) is 5.08. The van der Waals surface area contributed by atoms with E-state index in [9.17, 15) is 14.0 Å². The molecule has 2 amide bonds. The van der Waals surface area contributed by atoms with Crippen molar-refractivity contribution in [2.24, 2.45) is 5.92 Å². The monoisotopic (exact) mass is 372 g/mol. The predicted octanol–water partition coefficient (Wildman–Crippen LogP) is 4.14. The fourth-order valence-electron chi connectivity index (χ4n) is 2.52. The quantitative estimate of drug-likeness (QED) is 0.718. The fourth-order valence-corrected chi connectivity index (χ4v) is 3.27. The molecule has 1 fully saturated rings. The van der Waals surface area contributed by atoms with Crippen LogP contribution in [0.3, 0.4) is 0 Å². The smallest absolute Gasteiger partial charge is 0.230 e. The Morgan fingerprint density at radius 1 is 1.15 bits per heavy atom. The Labute approximate surface area is 156 Å². The van der Waals surface area contributed by atoms with Crippen molar-refractivity contribution in [1.29, 1.82) is 0 Å². The molecule has 0 bridgehead atoms. The SMILES string of the molecule is CC(NC(=O)CSc1ccccc1F)c1ccc(NC(=O)C2CC2)cc1. The molecule has 2 aromatic carbocycles. The van der Waals surface area contributed by atoms with Crippen molar-refractivity contribution in [3.63, 3.8) is 0 Å². The number of hydrogen-bond donors (Lipinski definition) is 2. The molecule has 1 saturated carbocycles. The van der Waals surface area contributed by atoms with Crippen LogP contribution in [0.15, 0.2) is 53.4 Å². The molecule has 3 rings (SSSR count). The number of carbonyl (C=O) groups excluding carboxylic acids is 2. The van der Waals surface area contributed by atoms with E-state index in [4.69, 9.17) is 0 Å². The molecule has 4 nitrogen and oxygen atoms in total. The number of rotatable bonds is 7. The number of carbonyl (C=O) groups is 2. The van der Waals surface area contributed by atoms with Crippen molar-refractivity contribution in [2.75, 3.05) is 11.1 Å². The van der Waals surface area contributed by atoms with Crippen LogP contribution in [0.25, 0.3) is 0 Å². The van der Waals surface area contributed by atoms with Crippen molar-refractivity contribution < 1.29 is 14.0 Å². The Bertz CT molecular complexity index is 791. The van der Waals surface area contributed by atoms with Crippen molar-refractivity contribution in [2.45, 2.75) is 30.7 Å². The molecule has 1 unspecified atom stereocenters. The molecular formula is C20H21FN2O2S. The second-order valence-electron chi connectivity index (χ2n) is 6.39. The van der Waals surface area contributed by atoms with Crippen LogP contribution in [0, 0.1) is 11.7 Å². The van der Waals surface area contributed by atoms with Gasteiger partial charge in [0, 0.05) is 16.5 Å². The van der Waals surface area contributed by atoms with Gasteiger partial charge in [-0.3, -0.25) is 9.59 Å². The lowest BCUT2D eigenvalue weighted by Gasteiger charge is -2.15. The second-order valence-corrected chi connectivity index (χ2v) is 7.41. The van der Waals surface area contributed by atoms with E-state index in [1.165, 1.54) is 17.8 Å². The third-order valence-corrected chi connectivity index (χ3v) is 5.25. The number of nitrogens with one attached hydrogen (secondary N) is 2. The minimum absolute atomic E-state index is 0.0734. The molecule has 0 saturated heterocycles. The molecule has 0 aliphatic heterocycles. The maximum atomic E-state index is 13.6. The van der Waals surface area contributed by atoms with Crippen molar-refractivity contribution in [3.05, 3.63) is 59.9 Å². The van der Waals surface area contributed by atoms with E-state index in [-0.39, 0.29) is 35.3 Å². The van der Waals surface area contributed by atoms with Gasteiger partial charge in [0.25, 0.3) is 0 Å². The summed E-state index contributed by atoms with van der Waals surface area (Å²) in [5.41, 5.74) is 1.71. The van der Waals surface area contributed by atoms with Gasteiger partial charge < -0.3 is 10.6 Å². The van der Waals surface area contributed by atoms with Gasteiger partial charge in [0.1, 0.15) is 5.82 Å². The second kappa shape index (κ2) is 8.36. The molecule has 1 aliphatic carbocycles. The van der Waals surface area contributed by atoms with Crippen molar-refractivity contribution >= 4 is 29.3 Å². The van der Waals surface area contributed by atoms with Gasteiger partial charge in [-0.15, -0.1) is 11.8 Å². The normalized spacial score (nSPS) is 14.5. The van der Waals surface area contributed by atoms with Crippen molar-refractivity contribution in [1.82, 2.24) is 5.32 Å². The van der Waals surface area contributed by atoms with E-state index in [0.717, 1.165) is 24.1 Å². The highest BCUT2D eigenvalue weighted by atomic mass is 32.2. The zero-order chi connectivity index (χ0) is 18.5. The summed E-state index contributed by atoms with van der Waals surface area (Å²) in [5, 5.41) is 5.79. The lowest BCUT2D eigenvalue weighted by atomic mass is 10.1. The Morgan fingerprint density at radius 2 is 1.85 bits per heavy atom. The van der Waals surface area contributed by atoms with E-state index in [2.05, 4.69) is 10.6 Å². The van der Waals surface area contributed by atoms with Crippen LogP contribution in [0.1, 0.15) is 31.4 Å². The standard InChI is InChI=1S/C20H21FN2O2S/c1-13(22-19(24)12-26-18-5-3-2-4-17(18)21)14-8-10-16(11-9-14)23-20(25)15-6-7-15/h2-5,8-11,13,15H,6-7,12H2,1H3,(H,22,24)(H,23,25). The molecule has 6 heteroatoms. The van der Waals surface area contributed by atoms with Crippen LogP contribution in [0.2, 0.25) is 0 Å². The summed E-state index contributed by atoms with van der Waals surface area (Å²) >= 11 is 1.18. The molecule has 0 radical (unpaired) electrons. The molecule has 0 spiro atoms. The van der Waals surface area contributed by atoms with E-state index >= 15 is 0 Å². The highest BCUT2D eigenvalue weighted by molar-refractivity contribution is 8.00. The molecule has 136 valence electrons. The first-order valence-corrected chi connectivity index (χ1v) is 9.59. The van der Waals surface area contributed by atoms with Gasteiger partial charge in [-0.05, 0) is 49.6 Å². The molecule has 0 heterocycles. The largest absolute Gasteiger partial charge is 0.349 e. The first kappa shape index (κ1) is 18.5. The summed E-state index contributed by atoms with van der Waals surface area (Å²) in [6.07, 6.45) is 1.94. The maximum Gasteiger partial charge on any atom is 0.230 e. The third-order valence-electron chi connectivity index (χ3n) is 4.20. The summed E-state index contributed by atoms with van der Waals surface area (Å²) in [7, 11) is 0. The molecular weight excluding hydrogens is 351 g/mol. The topological polar surface area (TPSA) is 58.2 Å². The summed E-state index contributed by atoms with van der Waals surface area (Å²) < 4.78 is 13.6. The summed E-state index contributed by atoms with van der Waals surface area (Å²) in [4.78, 5) is 24.3. The van der Waals surface area contributed by atoms with Crippen LogP contribution >= 0.6 is 11.8 Å². The molecule has 2 N–H and O–H groups in total. The zero-order valence-electron chi connectivity index (χ0n) is 14.5. The minimum atomic E-state index is -0.317. The predicted molar refractivity (Wildman–Crippen MR) is 101 cm³/mol. The van der Waals surface area contributed by atoms with Gasteiger partial charge in [0.2, 0.25) is 11.8 Å². The number of amides is 2. The first-order chi connectivity index (χ1) is 12.5. The van der Waals surface area contributed by atoms with Gasteiger partial charge in [-0.1, -0.05) is 24.3 Å². The van der Waals surface area contributed by atoms with Gasteiger partial charge in [0.15, 0.2) is 0 Å². The van der Waals surface area contributed by atoms with Crippen LogP contribution in [0.4, 0.5) is 10.1 Å². The molecule has 1 aliphatic rings. The van der Waals surface area contributed by atoms with E-state index in [0.29, 0.717) is 4.90 Å². The Hall–Kier alpha value is -2.34. The molecule has 0 aromatic heterocycles.